The monoisotopic (exact) mass is 327 g/mol. The molecule has 0 bridgehead atoms. The van der Waals surface area contributed by atoms with Crippen LogP contribution in [-0.4, -0.2) is 17.2 Å². The Labute approximate surface area is 141 Å². The Morgan fingerprint density at radius 1 is 1.00 bits per heavy atom. The van der Waals surface area contributed by atoms with Crippen LogP contribution < -0.4 is 5.32 Å². The van der Waals surface area contributed by atoms with Crippen LogP contribution in [0.4, 0.5) is 4.39 Å². The summed E-state index contributed by atoms with van der Waals surface area (Å²) in [6.45, 7) is 5.46. The average molecular weight is 327 g/mol. The van der Waals surface area contributed by atoms with Crippen LogP contribution >= 0.6 is 0 Å². The number of ketones is 1. The molecule has 0 saturated carbocycles. The van der Waals surface area contributed by atoms with Gasteiger partial charge in [0.25, 0.3) is 5.91 Å². The van der Waals surface area contributed by atoms with Crippen molar-refractivity contribution >= 4 is 11.7 Å². The number of carbonyl (C=O) groups excluding carboxylic acids is 2. The molecular formula is C20H22FNO2. The zero-order valence-electron chi connectivity index (χ0n) is 14.2. The predicted molar refractivity (Wildman–Crippen MR) is 92.2 cm³/mol. The van der Waals surface area contributed by atoms with Gasteiger partial charge in [0.05, 0.1) is 0 Å². The van der Waals surface area contributed by atoms with Gasteiger partial charge in [-0.25, -0.2) is 4.39 Å². The van der Waals surface area contributed by atoms with E-state index in [1.165, 1.54) is 12.1 Å². The molecule has 1 atom stereocenters. The lowest BCUT2D eigenvalue weighted by Gasteiger charge is -2.21. The number of benzene rings is 2. The molecule has 1 N–H and O–H groups in total. The highest BCUT2D eigenvalue weighted by molar-refractivity contribution is 6.36. The maximum absolute atomic E-state index is 13.6. The summed E-state index contributed by atoms with van der Waals surface area (Å²) in [6, 6.07) is 15.5. The summed E-state index contributed by atoms with van der Waals surface area (Å²) in [6.07, 6.45) is -0.00458. The molecule has 1 amide bonds. The number of Topliss-reactive ketones (excluding diaryl/α,β-unsaturated/α-hetero) is 1. The second-order valence-corrected chi connectivity index (χ2v) is 6.85. The van der Waals surface area contributed by atoms with Gasteiger partial charge in [0.15, 0.2) is 0 Å². The van der Waals surface area contributed by atoms with Crippen LogP contribution in [0.25, 0.3) is 0 Å². The number of hydrogen-bond donors (Lipinski definition) is 1. The molecule has 0 saturated heterocycles. The number of nitrogens with one attached hydrogen (secondary N) is 1. The van der Waals surface area contributed by atoms with Gasteiger partial charge >= 0.3 is 0 Å². The lowest BCUT2D eigenvalue weighted by Crippen LogP contribution is -2.44. The normalized spacial score (nSPS) is 12.5. The standard InChI is InChI=1S/C20H22FNO2/c1-20(2,3)22-19(24)18(23)13-17(14-8-5-4-6-9-14)15-10-7-11-16(21)12-15/h4-12,17H,13H2,1-3H3,(H,22,24)/t17-/m1/s1. The van der Waals surface area contributed by atoms with Gasteiger partial charge in [-0.05, 0) is 44.0 Å². The fraction of sp³-hybridized carbons (Fsp3) is 0.300. The third-order valence-electron chi connectivity index (χ3n) is 3.58. The smallest absolute Gasteiger partial charge is 0.287 e. The summed E-state index contributed by atoms with van der Waals surface area (Å²) in [7, 11) is 0. The highest BCUT2D eigenvalue weighted by atomic mass is 19.1. The van der Waals surface area contributed by atoms with Gasteiger partial charge in [-0.15, -0.1) is 0 Å². The van der Waals surface area contributed by atoms with E-state index in [0.29, 0.717) is 5.56 Å². The van der Waals surface area contributed by atoms with Crippen LogP contribution in [-0.2, 0) is 9.59 Å². The van der Waals surface area contributed by atoms with Crippen molar-refractivity contribution in [1.29, 1.82) is 0 Å². The van der Waals surface area contributed by atoms with Gasteiger partial charge in [-0.2, -0.15) is 0 Å². The van der Waals surface area contributed by atoms with Gasteiger partial charge < -0.3 is 5.32 Å². The summed E-state index contributed by atoms with van der Waals surface area (Å²) in [5, 5.41) is 2.68. The Kier molecular flexibility index (Phi) is 5.50. The Hall–Kier alpha value is -2.49. The van der Waals surface area contributed by atoms with E-state index in [9.17, 15) is 14.0 Å². The molecule has 0 spiro atoms. The van der Waals surface area contributed by atoms with Crippen molar-refractivity contribution in [1.82, 2.24) is 5.32 Å². The summed E-state index contributed by atoms with van der Waals surface area (Å²) in [5.41, 5.74) is 1.08. The van der Waals surface area contributed by atoms with Gasteiger partial charge in [-0.1, -0.05) is 42.5 Å². The van der Waals surface area contributed by atoms with E-state index in [1.807, 2.05) is 51.1 Å². The number of rotatable bonds is 5. The largest absolute Gasteiger partial charge is 0.345 e. The van der Waals surface area contributed by atoms with Gasteiger partial charge in [0.2, 0.25) is 5.78 Å². The van der Waals surface area contributed by atoms with Gasteiger partial charge in [-0.3, -0.25) is 9.59 Å². The molecule has 0 aliphatic carbocycles. The average Bonchev–Trinajstić information content (AvgIpc) is 2.51. The summed E-state index contributed by atoms with van der Waals surface area (Å²) in [4.78, 5) is 24.4. The first-order valence-electron chi connectivity index (χ1n) is 7.92. The lowest BCUT2D eigenvalue weighted by atomic mass is 9.87. The fourth-order valence-corrected chi connectivity index (χ4v) is 2.53. The second kappa shape index (κ2) is 7.39. The zero-order chi connectivity index (χ0) is 17.7. The molecule has 0 aliphatic heterocycles. The van der Waals surface area contributed by atoms with Crippen molar-refractivity contribution in [3.05, 3.63) is 71.5 Å². The van der Waals surface area contributed by atoms with Crippen LogP contribution in [0.2, 0.25) is 0 Å². The minimum atomic E-state index is -0.611. The Bertz CT molecular complexity index is 720. The molecule has 0 unspecified atom stereocenters. The van der Waals surface area contributed by atoms with E-state index in [1.54, 1.807) is 12.1 Å². The maximum atomic E-state index is 13.6. The summed E-state index contributed by atoms with van der Waals surface area (Å²) < 4.78 is 13.6. The quantitative estimate of drug-likeness (QED) is 0.848. The first-order valence-corrected chi connectivity index (χ1v) is 7.92. The topological polar surface area (TPSA) is 46.2 Å². The number of hydrogen-bond acceptors (Lipinski definition) is 2. The van der Waals surface area contributed by atoms with Gasteiger partial charge in [0, 0.05) is 17.9 Å². The van der Waals surface area contributed by atoms with Crippen molar-refractivity contribution < 1.29 is 14.0 Å². The molecule has 0 heterocycles. The summed E-state index contributed by atoms with van der Waals surface area (Å²) >= 11 is 0. The van der Waals surface area contributed by atoms with Crippen molar-refractivity contribution in [2.75, 3.05) is 0 Å². The molecule has 126 valence electrons. The number of carbonyl (C=O) groups is 2. The molecule has 3 nitrogen and oxygen atoms in total. The van der Waals surface area contributed by atoms with Crippen LogP contribution in [0.1, 0.15) is 44.2 Å². The first kappa shape index (κ1) is 17.9. The molecule has 0 fully saturated rings. The van der Waals surface area contributed by atoms with Crippen molar-refractivity contribution in [3.8, 4) is 0 Å². The van der Waals surface area contributed by atoms with Crippen LogP contribution in [0.15, 0.2) is 54.6 Å². The van der Waals surface area contributed by atoms with Crippen LogP contribution in [0, 0.1) is 5.82 Å². The molecule has 0 aliphatic rings. The maximum Gasteiger partial charge on any atom is 0.287 e. The number of halogens is 1. The number of amides is 1. The summed E-state index contributed by atoms with van der Waals surface area (Å²) in [5.74, 6) is -1.84. The van der Waals surface area contributed by atoms with E-state index in [2.05, 4.69) is 5.32 Å². The lowest BCUT2D eigenvalue weighted by molar-refractivity contribution is -0.139. The molecule has 2 rings (SSSR count). The van der Waals surface area contributed by atoms with Gasteiger partial charge in [0.1, 0.15) is 5.82 Å². The van der Waals surface area contributed by atoms with Crippen LogP contribution in [0.3, 0.4) is 0 Å². The third kappa shape index (κ3) is 5.01. The van der Waals surface area contributed by atoms with E-state index < -0.39 is 17.2 Å². The van der Waals surface area contributed by atoms with Crippen molar-refractivity contribution in [2.24, 2.45) is 0 Å². The molecule has 4 heteroatoms. The highest BCUT2D eigenvalue weighted by Crippen LogP contribution is 2.28. The Morgan fingerprint density at radius 3 is 2.21 bits per heavy atom. The molecule has 0 aromatic heterocycles. The second-order valence-electron chi connectivity index (χ2n) is 6.85. The Morgan fingerprint density at radius 2 is 1.62 bits per heavy atom. The first-order chi connectivity index (χ1) is 11.3. The van der Waals surface area contributed by atoms with Crippen LogP contribution in [0.5, 0.6) is 0 Å². The van der Waals surface area contributed by atoms with E-state index >= 15 is 0 Å². The Balaban J connectivity index is 2.27. The van der Waals surface area contributed by atoms with E-state index in [-0.39, 0.29) is 18.2 Å². The molecule has 24 heavy (non-hydrogen) atoms. The molecular weight excluding hydrogens is 305 g/mol. The molecule has 2 aromatic carbocycles. The third-order valence-corrected chi connectivity index (χ3v) is 3.58. The predicted octanol–water partition coefficient (Wildman–Crippen LogP) is 3.83. The van der Waals surface area contributed by atoms with E-state index in [4.69, 9.17) is 0 Å². The molecule has 0 radical (unpaired) electrons. The highest BCUT2D eigenvalue weighted by Gasteiger charge is 2.25. The molecule has 2 aromatic rings. The minimum Gasteiger partial charge on any atom is -0.345 e. The SMILES string of the molecule is CC(C)(C)NC(=O)C(=O)C[C@H](c1ccccc1)c1cccc(F)c1. The fourth-order valence-electron chi connectivity index (χ4n) is 2.53. The van der Waals surface area contributed by atoms with Crippen molar-refractivity contribution in [3.63, 3.8) is 0 Å². The van der Waals surface area contributed by atoms with Crippen molar-refractivity contribution in [2.45, 2.75) is 38.6 Å². The zero-order valence-corrected chi connectivity index (χ0v) is 14.2. The minimum absolute atomic E-state index is 0.00458. The van der Waals surface area contributed by atoms with E-state index in [0.717, 1.165) is 5.56 Å².